The van der Waals surface area contributed by atoms with Gasteiger partial charge in [0, 0.05) is 37.3 Å². The Kier molecular flexibility index (Phi) is 3.46. The number of urea groups is 1. The minimum atomic E-state index is -1.05. The van der Waals surface area contributed by atoms with Gasteiger partial charge in [0.1, 0.15) is 0 Å². The highest BCUT2D eigenvalue weighted by Crippen LogP contribution is 2.22. The van der Waals surface area contributed by atoms with Crippen LogP contribution in [0.4, 0.5) is 4.79 Å². The number of hydrogen-bond acceptors (Lipinski definition) is 3. The van der Waals surface area contributed by atoms with Crippen LogP contribution in [-0.4, -0.2) is 44.4 Å². The van der Waals surface area contributed by atoms with Crippen LogP contribution in [0.25, 0.3) is 0 Å². The average molecular weight is 266 g/mol. The molecule has 1 aliphatic rings. The minimum absolute atomic E-state index is 0.0412. The van der Waals surface area contributed by atoms with E-state index in [1.807, 2.05) is 13.8 Å². The molecular weight excluding hydrogens is 248 g/mol. The lowest BCUT2D eigenvalue weighted by atomic mass is 10.1. The Labute approximate surface area is 111 Å². The fourth-order valence-electron chi connectivity index (χ4n) is 2.28. The normalized spacial score (nSPS) is 14.4. The van der Waals surface area contributed by atoms with E-state index in [0.717, 1.165) is 5.69 Å². The summed E-state index contributed by atoms with van der Waals surface area (Å²) >= 11 is 0. The smallest absolute Gasteiger partial charge is 0.356 e. The van der Waals surface area contributed by atoms with E-state index in [0.29, 0.717) is 25.1 Å². The number of amides is 2. The Morgan fingerprint density at radius 3 is 2.68 bits per heavy atom. The first kappa shape index (κ1) is 13.4. The summed E-state index contributed by atoms with van der Waals surface area (Å²) in [5, 5.41) is 15.9. The second-order valence-corrected chi connectivity index (χ2v) is 4.98. The number of carbonyl (C=O) groups is 2. The molecule has 0 aliphatic carbocycles. The summed E-state index contributed by atoms with van der Waals surface area (Å²) in [6, 6.07) is -0.109. The molecule has 0 aromatic carbocycles. The van der Waals surface area contributed by atoms with Crippen molar-refractivity contribution in [2.45, 2.75) is 32.9 Å². The maximum absolute atomic E-state index is 11.9. The van der Waals surface area contributed by atoms with Crippen molar-refractivity contribution < 1.29 is 14.7 Å². The molecule has 0 unspecified atom stereocenters. The predicted octanol–water partition coefficient (Wildman–Crippen LogP) is 0.594. The Morgan fingerprint density at radius 2 is 2.11 bits per heavy atom. The van der Waals surface area contributed by atoms with E-state index < -0.39 is 5.97 Å². The number of carbonyl (C=O) groups excluding carboxylic acids is 1. The molecule has 19 heavy (non-hydrogen) atoms. The Morgan fingerprint density at radius 1 is 1.42 bits per heavy atom. The second-order valence-electron chi connectivity index (χ2n) is 4.98. The van der Waals surface area contributed by atoms with E-state index >= 15 is 0 Å². The molecule has 104 valence electrons. The Bertz CT molecular complexity index is 521. The van der Waals surface area contributed by atoms with Crippen LogP contribution in [0.3, 0.4) is 0 Å². The van der Waals surface area contributed by atoms with Crippen LogP contribution >= 0.6 is 0 Å². The molecule has 1 aliphatic heterocycles. The molecule has 0 fully saturated rings. The van der Waals surface area contributed by atoms with Gasteiger partial charge in [-0.2, -0.15) is 5.10 Å². The highest BCUT2D eigenvalue weighted by molar-refractivity contribution is 5.87. The second kappa shape index (κ2) is 4.91. The van der Waals surface area contributed by atoms with Gasteiger partial charge in [-0.3, -0.25) is 4.68 Å². The first-order valence-corrected chi connectivity index (χ1v) is 6.23. The van der Waals surface area contributed by atoms with Gasteiger partial charge in [0.15, 0.2) is 5.69 Å². The van der Waals surface area contributed by atoms with E-state index in [-0.39, 0.29) is 17.8 Å². The zero-order valence-corrected chi connectivity index (χ0v) is 11.3. The Balaban J connectivity index is 2.23. The van der Waals surface area contributed by atoms with Crippen molar-refractivity contribution in [3.05, 3.63) is 17.0 Å². The number of fused-ring (bicyclic) bond motifs is 1. The molecule has 0 saturated heterocycles. The standard InChI is InChI=1S/C12H18N4O3/c1-7(2)13-12(19)16-5-4-9-8(6-16)10(11(17)18)14-15(9)3/h7H,4-6H2,1-3H3,(H,13,19)(H,17,18). The van der Waals surface area contributed by atoms with Crippen LogP contribution in [0.15, 0.2) is 0 Å². The monoisotopic (exact) mass is 266 g/mol. The third-order valence-electron chi connectivity index (χ3n) is 3.14. The van der Waals surface area contributed by atoms with Gasteiger partial charge in [-0.25, -0.2) is 9.59 Å². The largest absolute Gasteiger partial charge is 0.476 e. The molecule has 0 spiro atoms. The molecular formula is C12H18N4O3. The van der Waals surface area contributed by atoms with Gasteiger partial charge in [0.2, 0.25) is 0 Å². The molecule has 0 bridgehead atoms. The molecule has 2 N–H and O–H groups in total. The van der Waals surface area contributed by atoms with E-state index in [1.54, 1.807) is 16.6 Å². The summed E-state index contributed by atoms with van der Waals surface area (Å²) in [6.07, 6.45) is 0.623. The third kappa shape index (κ3) is 2.54. The van der Waals surface area contributed by atoms with Gasteiger partial charge >= 0.3 is 12.0 Å². The summed E-state index contributed by atoms with van der Waals surface area (Å²) < 4.78 is 1.59. The maximum Gasteiger partial charge on any atom is 0.356 e. The van der Waals surface area contributed by atoms with Crippen LogP contribution < -0.4 is 5.32 Å². The van der Waals surface area contributed by atoms with Gasteiger partial charge in [-0.15, -0.1) is 0 Å². The molecule has 7 nitrogen and oxygen atoms in total. The summed E-state index contributed by atoms with van der Waals surface area (Å²) in [4.78, 5) is 24.7. The number of nitrogens with zero attached hydrogens (tertiary/aromatic N) is 3. The number of aromatic carboxylic acids is 1. The number of aromatic nitrogens is 2. The van der Waals surface area contributed by atoms with Crippen molar-refractivity contribution in [1.82, 2.24) is 20.0 Å². The number of nitrogens with one attached hydrogen (secondary N) is 1. The molecule has 0 saturated carbocycles. The molecule has 0 radical (unpaired) electrons. The SMILES string of the molecule is CC(C)NC(=O)N1CCc2c(c(C(=O)O)nn2C)C1. The minimum Gasteiger partial charge on any atom is -0.476 e. The molecule has 2 amide bonds. The van der Waals surface area contributed by atoms with E-state index in [9.17, 15) is 9.59 Å². The fraction of sp³-hybridized carbons (Fsp3) is 0.583. The average Bonchev–Trinajstić information content (AvgIpc) is 2.65. The molecule has 2 rings (SSSR count). The first-order chi connectivity index (χ1) is 8.90. The van der Waals surface area contributed by atoms with Gasteiger partial charge in [-0.1, -0.05) is 0 Å². The van der Waals surface area contributed by atoms with E-state index in [2.05, 4.69) is 10.4 Å². The zero-order chi connectivity index (χ0) is 14.2. The Hall–Kier alpha value is -2.05. The number of rotatable bonds is 2. The molecule has 7 heteroatoms. The lowest BCUT2D eigenvalue weighted by Crippen LogP contribution is -2.45. The molecule has 1 aromatic heterocycles. The molecule has 1 aromatic rings. The van der Waals surface area contributed by atoms with Crippen LogP contribution in [0.5, 0.6) is 0 Å². The zero-order valence-electron chi connectivity index (χ0n) is 11.3. The van der Waals surface area contributed by atoms with Crippen LogP contribution in [-0.2, 0) is 20.0 Å². The summed E-state index contributed by atoms with van der Waals surface area (Å²) in [6.45, 7) is 4.65. The van der Waals surface area contributed by atoms with Crippen molar-refractivity contribution in [2.75, 3.05) is 6.54 Å². The lowest BCUT2D eigenvalue weighted by molar-refractivity contribution is 0.0687. The quantitative estimate of drug-likeness (QED) is 0.820. The van der Waals surface area contributed by atoms with Crippen LogP contribution in [0.2, 0.25) is 0 Å². The fourth-order valence-corrected chi connectivity index (χ4v) is 2.28. The van der Waals surface area contributed by atoms with Crippen molar-refractivity contribution in [1.29, 1.82) is 0 Å². The molecule has 0 atom stereocenters. The number of carboxylic acids is 1. The van der Waals surface area contributed by atoms with Gasteiger partial charge in [0.05, 0.1) is 6.54 Å². The van der Waals surface area contributed by atoms with E-state index in [1.165, 1.54) is 0 Å². The number of hydrogen-bond donors (Lipinski definition) is 2. The van der Waals surface area contributed by atoms with Gasteiger partial charge in [-0.05, 0) is 13.8 Å². The van der Waals surface area contributed by atoms with Crippen LogP contribution in [0.1, 0.15) is 35.6 Å². The number of carboxylic acid groups (broad SMARTS) is 1. The summed E-state index contributed by atoms with van der Waals surface area (Å²) in [5.41, 5.74) is 1.57. The summed E-state index contributed by atoms with van der Waals surface area (Å²) in [5.74, 6) is -1.05. The number of aryl methyl sites for hydroxylation is 1. The van der Waals surface area contributed by atoms with Crippen molar-refractivity contribution >= 4 is 12.0 Å². The summed E-state index contributed by atoms with van der Waals surface area (Å²) in [7, 11) is 1.73. The predicted molar refractivity (Wildman–Crippen MR) is 67.9 cm³/mol. The highest BCUT2D eigenvalue weighted by atomic mass is 16.4. The van der Waals surface area contributed by atoms with Crippen LogP contribution in [0, 0.1) is 0 Å². The van der Waals surface area contributed by atoms with Crippen molar-refractivity contribution in [3.8, 4) is 0 Å². The van der Waals surface area contributed by atoms with Crippen molar-refractivity contribution in [3.63, 3.8) is 0 Å². The molecule has 2 heterocycles. The van der Waals surface area contributed by atoms with E-state index in [4.69, 9.17) is 5.11 Å². The van der Waals surface area contributed by atoms with Gasteiger partial charge < -0.3 is 15.3 Å². The first-order valence-electron chi connectivity index (χ1n) is 6.23. The third-order valence-corrected chi connectivity index (χ3v) is 3.14. The lowest BCUT2D eigenvalue weighted by Gasteiger charge is -2.28. The topological polar surface area (TPSA) is 87.5 Å². The van der Waals surface area contributed by atoms with Crippen molar-refractivity contribution in [2.24, 2.45) is 7.05 Å². The highest BCUT2D eigenvalue weighted by Gasteiger charge is 2.29. The maximum atomic E-state index is 11.9. The van der Waals surface area contributed by atoms with Gasteiger partial charge in [0.25, 0.3) is 0 Å².